The quantitative estimate of drug-likeness (QED) is 0.623. The van der Waals surface area contributed by atoms with Crippen LogP contribution in [0.4, 0.5) is 5.69 Å². The molecule has 0 saturated heterocycles. The lowest BCUT2D eigenvalue weighted by Crippen LogP contribution is -2.18. The first-order chi connectivity index (χ1) is 10.0. The van der Waals surface area contributed by atoms with Crippen molar-refractivity contribution in [3.63, 3.8) is 0 Å². The largest absolute Gasteiger partial charge is 0.313 e. The normalized spacial score (nSPS) is 12.1. The summed E-state index contributed by atoms with van der Waals surface area (Å²) in [6.07, 6.45) is 0.729. The maximum Gasteiger partial charge on any atom is 0.269 e. The third kappa shape index (κ3) is 4.03. The number of nitro groups is 1. The molecule has 2 aromatic carbocycles. The van der Waals surface area contributed by atoms with Gasteiger partial charge >= 0.3 is 0 Å². The van der Waals surface area contributed by atoms with Crippen molar-refractivity contribution in [2.24, 2.45) is 0 Å². The molecule has 0 heterocycles. The van der Waals surface area contributed by atoms with Crippen molar-refractivity contribution in [3.8, 4) is 0 Å². The molecule has 21 heavy (non-hydrogen) atoms. The molecule has 0 aliphatic heterocycles. The molecule has 0 aliphatic carbocycles. The molecule has 110 valence electrons. The van der Waals surface area contributed by atoms with Crippen molar-refractivity contribution in [2.75, 3.05) is 7.05 Å². The summed E-state index contributed by atoms with van der Waals surface area (Å²) in [5, 5.41) is 14.6. The summed E-state index contributed by atoms with van der Waals surface area (Å²) in [6.45, 7) is 0. The first kappa shape index (κ1) is 15.9. The van der Waals surface area contributed by atoms with Crippen LogP contribution in [-0.2, 0) is 6.42 Å². The van der Waals surface area contributed by atoms with Crippen LogP contribution in [0.25, 0.3) is 0 Å². The Morgan fingerprint density at radius 3 is 2.48 bits per heavy atom. The Morgan fingerprint density at radius 1 is 1.29 bits per heavy atom. The van der Waals surface area contributed by atoms with Crippen LogP contribution in [0.1, 0.15) is 17.2 Å². The first-order valence-corrected chi connectivity index (χ1v) is 7.54. The van der Waals surface area contributed by atoms with Gasteiger partial charge in [0.05, 0.1) is 9.95 Å². The molecule has 0 aliphatic rings. The average molecular weight is 370 g/mol. The molecule has 1 unspecified atom stereocenters. The van der Waals surface area contributed by atoms with Crippen molar-refractivity contribution in [2.45, 2.75) is 12.5 Å². The SMILES string of the molecule is CNC(Cc1ccc([N+](=O)[O-])cc1)c1ccc(Br)c(Cl)c1. The summed E-state index contributed by atoms with van der Waals surface area (Å²) >= 11 is 9.50. The Hall–Kier alpha value is -1.43. The van der Waals surface area contributed by atoms with Gasteiger partial charge in [-0.15, -0.1) is 0 Å². The number of rotatable bonds is 5. The van der Waals surface area contributed by atoms with Crippen LogP contribution in [0.2, 0.25) is 5.02 Å². The van der Waals surface area contributed by atoms with E-state index in [-0.39, 0.29) is 11.7 Å². The predicted octanol–water partition coefficient (Wildman–Crippen LogP) is 4.51. The molecule has 4 nitrogen and oxygen atoms in total. The highest BCUT2D eigenvalue weighted by atomic mass is 79.9. The lowest BCUT2D eigenvalue weighted by Gasteiger charge is -2.17. The predicted molar refractivity (Wildman–Crippen MR) is 87.8 cm³/mol. The summed E-state index contributed by atoms with van der Waals surface area (Å²) < 4.78 is 0.859. The van der Waals surface area contributed by atoms with Crippen molar-refractivity contribution in [3.05, 3.63) is 73.2 Å². The molecule has 0 aromatic heterocycles. The Bertz CT molecular complexity index is 647. The second-order valence-corrected chi connectivity index (χ2v) is 5.90. The Labute approximate surface area is 136 Å². The zero-order chi connectivity index (χ0) is 15.4. The molecule has 1 N–H and O–H groups in total. The molecule has 2 aromatic rings. The highest BCUT2D eigenvalue weighted by Crippen LogP contribution is 2.27. The third-order valence-corrected chi connectivity index (χ3v) is 4.51. The van der Waals surface area contributed by atoms with Gasteiger partial charge in [0.25, 0.3) is 5.69 Å². The highest BCUT2D eigenvalue weighted by Gasteiger charge is 2.13. The van der Waals surface area contributed by atoms with Gasteiger partial charge in [0, 0.05) is 22.6 Å². The lowest BCUT2D eigenvalue weighted by atomic mass is 9.99. The number of nitrogens with one attached hydrogen (secondary N) is 1. The zero-order valence-corrected chi connectivity index (χ0v) is 13.7. The number of likely N-dealkylation sites (N-methyl/N-ethyl adjacent to an activating group) is 1. The zero-order valence-electron chi connectivity index (χ0n) is 11.3. The highest BCUT2D eigenvalue weighted by molar-refractivity contribution is 9.10. The van der Waals surface area contributed by atoms with E-state index in [4.69, 9.17) is 11.6 Å². The molecule has 1 atom stereocenters. The topological polar surface area (TPSA) is 55.2 Å². The molecule has 0 amide bonds. The number of nitro benzene ring substituents is 1. The third-order valence-electron chi connectivity index (χ3n) is 3.28. The van der Waals surface area contributed by atoms with Crippen LogP contribution in [0, 0.1) is 10.1 Å². The van der Waals surface area contributed by atoms with Crippen molar-refractivity contribution >= 4 is 33.2 Å². The molecule has 0 spiro atoms. The van der Waals surface area contributed by atoms with Crippen molar-refractivity contribution in [1.82, 2.24) is 5.32 Å². The second kappa shape index (κ2) is 7.02. The Balaban J connectivity index is 2.18. The summed E-state index contributed by atoms with van der Waals surface area (Å²) in [4.78, 5) is 10.3. The van der Waals surface area contributed by atoms with Gasteiger partial charge in [0.15, 0.2) is 0 Å². The van der Waals surface area contributed by atoms with E-state index in [0.29, 0.717) is 5.02 Å². The lowest BCUT2D eigenvalue weighted by molar-refractivity contribution is -0.384. The minimum absolute atomic E-state index is 0.0945. The van der Waals surface area contributed by atoms with E-state index in [1.165, 1.54) is 12.1 Å². The molecule has 6 heteroatoms. The van der Waals surface area contributed by atoms with Gasteiger partial charge in [-0.3, -0.25) is 10.1 Å². The van der Waals surface area contributed by atoms with E-state index in [0.717, 1.165) is 22.0 Å². The van der Waals surface area contributed by atoms with Crippen LogP contribution in [0.5, 0.6) is 0 Å². The van der Waals surface area contributed by atoms with Gasteiger partial charge in [-0.1, -0.05) is 29.8 Å². The van der Waals surface area contributed by atoms with Crippen molar-refractivity contribution in [1.29, 1.82) is 0 Å². The van der Waals surface area contributed by atoms with E-state index >= 15 is 0 Å². The molecule has 0 bridgehead atoms. The average Bonchev–Trinajstić information content (AvgIpc) is 2.48. The van der Waals surface area contributed by atoms with Gasteiger partial charge in [-0.2, -0.15) is 0 Å². The second-order valence-electron chi connectivity index (χ2n) is 4.64. The molecule has 0 radical (unpaired) electrons. The first-order valence-electron chi connectivity index (χ1n) is 6.37. The van der Waals surface area contributed by atoms with Gasteiger partial charge in [-0.25, -0.2) is 0 Å². The van der Waals surface area contributed by atoms with E-state index in [1.54, 1.807) is 12.1 Å². The fraction of sp³-hybridized carbons (Fsp3) is 0.200. The fourth-order valence-corrected chi connectivity index (χ4v) is 2.54. The Morgan fingerprint density at radius 2 is 1.95 bits per heavy atom. The molecule has 2 rings (SSSR count). The number of non-ortho nitro benzene ring substituents is 1. The van der Waals surface area contributed by atoms with Gasteiger partial charge in [0.2, 0.25) is 0 Å². The minimum Gasteiger partial charge on any atom is -0.313 e. The van der Waals surface area contributed by atoms with Crippen LogP contribution in [-0.4, -0.2) is 12.0 Å². The Kier molecular flexibility index (Phi) is 5.33. The van der Waals surface area contributed by atoms with Gasteiger partial charge < -0.3 is 5.32 Å². The summed E-state index contributed by atoms with van der Waals surface area (Å²) in [5.74, 6) is 0. The number of halogens is 2. The van der Waals surface area contributed by atoms with E-state index in [2.05, 4.69) is 21.2 Å². The maximum atomic E-state index is 10.7. The molecule has 0 fully saturated rings. The molecular formula is C15H14BrClN2O2. The number of hydrogen-bond donors (Lipinski definition) is 1. The summed E-state index contributed by atoms with van der Waals surface area (Å²) in [5.41, 5.74) is 2.20. The van der Waals surface area contributed by atoms with Crippen LogP contribution in [0.3, 0.4) is 0 Å². The van der Waals surface area contributed by atoms with Gasteiger partial charge in [0.1, 0.15) is 0 Å². The number of hydrogen-bond acceptors (Lipinski definition) is 3. The van der Waals surface area contributed by atoms with Crippen molar-refractivity contribution < 1.29 is 4.92 Å². The van der Waals surface area contributed by atoms with Crippen LogP contribution < -0.4 is 5.32 Å². The number of benzene rings is 2. The monoisotopic (exact) mass is 368 g/mol. The summed E-state index contributed by atoms with van der Waals surface area (Å²) in [7, 11) is 1.88. The fourth-order valence-electron chi connectivity index (χ4n) is 2.11. The standard InChI is InChI=1S/C15H14BrClN2O2/c1-18-15(11-4-7-13(16)14(17)9-11)8-10-2-5-12(6-3-10)19(20)21/h2-7,9,15,18H,8H2,1H3. The van der Waals surface area contributed by atoms with Gasteiger partial charge in [-0.05, 0) is 52.7 Å². The van der Waals surface area contributed by atoms with E-state index < -0.39 is 4.92 Å². The van der Waals surface area contributed by atoms with Crippen LogP contribution >= 0.6 is 27.5 Å². The minimum atomic E-state index is -0.395. The van der Waals surface area contributed by atoms with E-state index in [9.17, 15) is 10.1 Å². The van der Waals surface area contributed by atoms with E-state index in [1.807, 2.05) is 25.2 Å². The maximum absolute atomic E-state index is 10.7. The number of nitrogens with zero attached hydrogens (tertiary/aromatic N) is 1. The molecule has 0 saturated carbocycles. The molecular weight excluding hydrogens is 356 g/mol. The van der Waals surface area contributed by atoms with Crippen LogP contribution in [0.15, 0.2) is 46.9 Å². The summed E-state index contributed by atoms with van der Waals surface area (Å²) in [6, 6.07) is 12.5. The smallest absolute Gasteiger partial charge is 0.269 e.